The fourth-order valence-corrected chi connectivity index (χ4v) is 8.04. The summed E-state index contributed by atoms with van der Waals surface area (Å²) >= 11 is 0. The molecule has 1 aliphatic heterocycles. The Morgan fingerprint density at radius 3 is 1.68 bits per heavy atom. The predicted octanol–water partition coefficient (Wildman–Crippen LogP) is 14.1. The number of allylic oxidation sites excluding steroid dienone is 1. The number of rotatable bonds is 41. The van der Waals surface area contributed by atoms with Crippen molar-refractivity contribution in [2.45, 2.75) is 220 Å². The van der Waals surface area contributed by atoms with Gasteiger partial charge in [0.1, 0.15) is 0 Å². The molecule has 0 aromatic carbocycles. The molecule has 0 aliphatic carbocycles. The second kappa shape index (κ2) is 40.7. The number of hydrogen-bond acceptors (Lipinski definition) is 6. The Hall–Kier alpha value is -2.06. The lowest BCUT2D eigenvalue weighted by atomic mass is 9.94. The molecule has 1 saturated heterocycles. The Bertz CT molecular complexity index is 1050. The van der Waals surface area contributed by atoms with Crippen LogP contribution in [0.4, 0.5) is 0 Å². The molecule has 57 heavy (non-hydrogen) atoms. The van der Waals surface area contributed by atoms with Gasteiger partial charge in [0.2, 0.25) is 0 Å². The highest BCUT2D eigenvalue weighted by Crippen LogP contribution is 2.21. The highest BCUT2D eigenvalue weighted by Gasteiger charge is 2.13. The SMILES string of the molecule is C=C=C=C=CC(CCCCC)CCOC(=O)CCCCCCCCCC(CCCCCCCCCC(=O)OCCC(C)CCCCC)COCCCN1CCCC1. The first-order valence-electron chi connectivity index (χ1n) is 24.5. The van der Waals surface area contributed by atoms with Gasteiger partial charge < -0.3 is 19.1 Å². The Kier molecular flexibility index (Phi) is 37.8. The standard InChI is InChI=1S/C51H91NO5/c1-5-8-21-31-47(4)38-44-56-50(53)36-26-19-15-11-13-17-24-34-49(46-55-43-30-42-52-40-28-29-41-52)35-25-18-14-12-16-20-27-37-51(54)57-45-39-48(32-22-9-6-2)33-23-10-7-3/h32,47-49H,2,5,7-8,10-21,23-31,33-46H2,1,3-4H3. The maximum Gasteiger partial charge on any atom is 0.305 e. The minimum atomic E-state index is -0.0558. The number of ether oxygens (including phenoxy) is 3. The summed E-state index contributed by atoms with van der Waals surface area (Å²) in [5, 5.41) is 0. The summed E-state index contributed by atoms with van der Waals surface area (Å²) in [5.74, 6) is 1.62. The Morgan fingerprint density at radius 1 is 0.614 bits per heavy atom. The van der Waals surface area contributed by atoms with Gasteiger partial charge in [-0.25, -0.2) is 0 Å². The maximum atomic E-state index is 12.3. The van der Waals surface area contributed by atoms with Gasteiger partial charge >= 0.3 is 11.9 Å². The van der Waals surface area contributed by atoms with Gasteiger partial charge in [-0.2, -0.15) is 0 Å². The molecule has 0 spiro atoms. The van der Waals surface area contributed by atoms with E-state index >= 15 is 0 Å². The van der Waals surface area contributed by atoms with Crippen LogP contribution >= 0.6 is 0 Å². The first kappa shape index (κ1) is 53.0. The summed E-state index contributed by atoms with van der Waals surface area (Å²) in [4.78, 5) is 27.0. The van der Waals surface area contributed by atoms with Gasteiger partial charge in [0, 0.05) is 32.6 Å². The van der Waals surface area contributed by atoms with Crippen LogP contribution < -0.4 is 0 Å². The van der Waals surface area contributed by atoms with E-state index in [1.54, 1.807) is 0 Å². The largest absolute Gasteiger partial charge is 0.466 e. The molecule has 0 saturated carbocycles. The van der Waals surface area contributed by atoms with Gasteiger partial charge in [-0.15, -0.1) is 0 Å². The van der Waals surface area contributed by atoms with E-state index in [0.717, 1.165) is 64.6 Å². The number of esters is 2. The summed E-state index contributed by atoms with van der Waals surface area (Å²) < 4.78 is 17.3. The summed E-state index contributed by atoms with van der Waals surface area (Å²) in [5.41, 5.74) is 8.42. The molecule has 1 heterocycles. The average Bonchev–Trinajstić information content (AvgIpc) is 3.73. The van der Waals surface area contributed by atoms with Crippen molar-refractivity contribution >= 4 is 11.9 Å². The van der Waals surface area contributed by atoms with Crippen molar-refractivity contribution in [3.8, 4) is 0 Å². The van der Waals surface area contributed by atoms with Crippen LogP contribution in [-0.4, -0.2) is 62.9 Å². The molecule has 1 aliphatic rings. The van der Waals surface area contributed by atoms with Crippen molar-refractivity contribution in [1.29, 1.82) is 0 Å². The molecule has 0 N–H and O–H groups in total. The molecule has 330 valence electrons. The van der Waals surface area contributed by atoms with Gasteiger partial charge in [0.05, 0.1) is 13.2 Å². The van der Waals surface area contributed by atoms with Gasteiger partial charge in [-0.3, -0.25) is 9.59 Å². The second-order valence-corrected chi connectivity index (χ2v) is 17.4. The normalized spacial score (nSPS) is 14.4. The van der Waals surface area contributed by atoms with E-state index < -0.39 is 0 Å². The molecule has 6 heteroatoms. The van der Waals surface area contributed by atoms with E-state index in [1.807, 2.05) is 6.08 Å². The predicted molar refractivity (Wildman–Crippen MR) is 241 cm³/mol. The van der Waals surface area contributed by atoms with Gasteiger partial charge in [-0.1, -0.05) is 154 Å². The Morgan fingerprint density at radius 2 is 1.12 bits per heavy atom. The van der Waals surface area contributed by atoms with Crippen LogP contribution in [0.1, 0.15) is 220 Å². The van der Waals surface area contributed by atoms with Crippen LogP contribution in [0.5, 0.6) is 0 Å². The first-order valence-corrected chi connectivity index (χ1v) is 24.5. The highest BCUT2D eigenvalue weighted by molar-refractivity contribution is 5.69. The minimum Gasteiger partial charge on any atom is -0.466 e. The van der Waals surface area contributed by atoms with E-state index in [0.29, 0.717) is 43.8 Å². The third-order valence-electron chi connectivity index (χ3n) is 11.9. The van der Waals surface area contributed by atoms with Gasteiger partial charge in [0.15, 0.2) is 0 Å². The van der Waals surface area contributed by atoms with Crippen molar-refractivity contribution in [2.75, 3.05) is 46.1 Å². The molecule has 6 nitrogen and oxygen atoms in total. The number of unbranched alkanes of at least 4 members (excludes halogenated alkanes) is 16. The smallest absolute Gasteiger partial charge is 0.305 e. The van der Waals surface area contributed by atoms with Crippen molar-refractivity contribution < 1.29 is 23.8 Å². The molecule has 0 radical (unpaired) electrons. The van der Waals surface area contributed by atoms with E-state index in [2.05, 4.69) is 49.4 Å². The summed E-state index contributed by atoms with van der Waals surface area (Å²) in [7, 11) is 0. The first-order chi connectivity index (χ1) is 28.0. The third-order valence-corrected chi connectivity index (χ3v) is 11.9. The lowest BCUT2D eigenvalue weighted by Crippen LogP contribution is -2.22. The van der Waals surface area contributed by atoms with E-state index in [-0.39, 0.29) is 11.9 Å². The quantitative estimate of drug-likeness (QED) is 0.0349. The second-order valence-electron chi connectivity index (χ2n) is 17.4. The lowest BCUT2D eigenvalue weighted by molar-refractivity contribution is -0.145. The number of carbonyl (C=O) groups is 2. The fraction of sp³-hybridized carbons (Fsp3) is 0.863. The summed E-state index contributed by atoms with van der Waals surface area (Å²) in [6.45, 7) is 16.9. The number of carbonyl (C=O) groups excluding carboxylic acids is 2. The Labute approximate surface area is 353 Å². The third kappa shape index (κ3) is 35.6. The van der Waals surface area contributed by atoms with Crippen LogP contribution in [0.3, 0.4) is 0 Å². The molecule has 0 aromatic rings. The molecule has 3 unspecified atom stereocenters. The van der Waals surface area contributed by atoms with E-state index in [9.17, 15) is 9.59 Å². The van der Waals surface area contributed by atoms with Crippen LogP contribution in [-0.2, 0) is 23.8 Å². The average molecular weight is 798 g/mol. The zero-order valence-electron chi connectivity index (χ0n) is 37.9. The monoisotopic (exact) mass is 798 g/mol. The van der Waals surface area contributed by atoms with Gasteiger partial charge in [-0.05, 0) is 113 Å². The highest BCUT2D eigenvalue weighted by atomic mass is 16.5. The van der Waals surface area contributed by atoms with Crippen molar-refractivity contribution in [1.82, 2.24) is 4.90 Å². The number of likely N-dealkylation sites (tertiary alicyclic amines) is 1. The summed E-state index contributed by atoms with van der Waals surface area (Å²) in [6.07, 6.45) is 38.1. The molecular formula is C51H91NO5. The zero-order chi connectivity index (χ0) is 41.3. The van der Waals surface area contributed by atoms with Crippen LogP contribution in [0.2, 0.25) is 0 Å². The lowest BCUT2D eigenvalue weighted by Gasteiger charge is -2.18. The summed E-state index contributed by atoms with van der Waals surface area (Å²) in [6, 6.07) is 0. The maximum absolute atomic E-state index is 12.3. The number of hydrogen-bond donors (Lipinski definition) is 0. The molecule has 0 bridgehead atoms. The molecule has 1 rings (SSSR count). The van der Waals surface area contributed by atoms with Crippen molar-refractivity contribution in [2.24, 2.45) is 17.8 Å². The molecule has 0 amide bonds. The van der Waals surface area contributed by atoms with Gasteiger partial charge in [0.25, 0.3) is 0 Å². The number of nitrogens with zero attached hydrogens (tertiary/aromatic N) is 1. The fourth-order valence-electron chi connectivity index (χ4n) is 8.04. The minimum absolute atomic E-state index is 0.00687. The molecule has 0 aromatic heterocycles. The molecular weight excluding hydrogens is 707 g/mol. The van der Waals surface area contributed by atoms with Crippen molar-refractivity contribution in [3.05, 3.63) is 29.8 Å². The topological polar surface area (TPSA) is 65.1 Å². The zero-order valence-corrected chi connectivity index (χ0v) is 37.9. The van der Waals surface area contributed by atoms with Crippen molar-refractivity contribution in [3.63, 3.8) is 0 Å². The molecule has 1 fully saturated rings. The van der Waals surface area contributed by atoms with E-state index in [4.69, 9.17) is 14.2 Å². The van der Waals surface area contributed by atoms with Crippen LogP contribution in [0.15, 0.2) is 29.8 Å². The van der Waals surface area contributed by atoms with E-state index in [1.165, 1.54) is 154 Å². The Balaban J connectivity index is 2.16. The van der Waals surface area contributed by atoms with Crippen LogP contribution in [0.25, 0.3) is 0 Å². The molecule has 3 atom stereocenters. The van der Waals surface area contributed by atoms with Crippen LogP contribution in [0, 0.1) is 17.8 Å².